The smallest absolute Gasteiger partial charge is 0.287 e. The molecule has 0 bridgehead atoms. The number of para-hydroxylation sites is 1. The van der Waals surface area contributed by atoms with Gasteiger partial charge in [0.1, 0.15) is 5.58 Å². The number of furan rings is 1. The zero-order valence-corrected chi connectivity index (χ0v) is 14.0. The molecule has 0 fully saturated rings. The molecule has 5 heteroatoms. The Balaban J connectivity index is 2.20. The number of fused-ring (bicyclic) bond motifs is 1. The Hall–Kier alpha value is -1.85. The van der Waals surface area contributed by atoms with Crippen LogP contribution in [0.25, 0.3) is 11.0 Å². The maximum atomic E-state index is 12.4. The van der Waals surface area contributed by atoms with Crippen molar-refractivity contribution in [3.63, 3.8) is 0 Å². The highest BCUT2D eigenvalue weighted by Gasteiger charge is 2.21. The summed E-state index contributed by atoms with van der Waals surface area (Å²) in [5.41, 5.74) is 1.41. The van der Waals surface area contributed by atoms with Crippen LogP contribution in [0.2, 0.25) is 0 Å². The molecule has 1 unspecified atom stereocenters. The molecule has 2 rings (SSSR count). The molecule has 1 aromatic heterocycles. The first kappa shape index (κ1) is 17.5. The van der Waals surface area contributed by atoms with Gasteiger partial charge in [0.15, 0.2) is 5.76 Å². The van der Waals surface area contributed by atoms with Crippen LogP contribution < -0.4 is 5.32 Å². The molecule has 5 nitrogen and oxygen atoms in total. The molecular formula is C18H25NO4. The average Bonchev–Trinajstić information content (AvgIpc) is 2.89. The van der Waals surface area contributed by atoms with Crippen LogP contribution in [0.5, 0.6) is 0 Å². The maximum absolute atomic E-state index is 12.4. The van der Waals surface area contributed by atoms with Crippen molar-refractivity contribution >= 4 is 16.9 Å². The van der Waals surface area contributed by atoms with E-state index >= 15 is 0 Å². The van der Waals surface area contributed by atoms with Gasteiger partial charge in [-0.3, -0.25) is 4.79 Å². The van der Waals surface area contributed by atoms with E-state index in [2.05, 4.69) is 5.32 Å². The third kappa shape index (κ3) is 4.56. The lowest BCUT2D eigenvalue weighted by molar-refractivity contribution is 0.0641. The van der Waals surface area contributed by atoms with Gasteiger partial charge in [-0.25, -0.2) is 0 Å². The maximum Gasteiger partial charge on any atom is 0.287 e. The zero-order valence-electron chi connectivity index (χ0n) is 14.0. The number of aliphatic hydroxyl groups excluding tert-OH is 1. The Bertz CT molecular complexity index is 648. The first-order valence-corrected chi connectivity index (χ1v) is 8.11. The molecule has 0 saturated heterocycles. The first-order chi connectivity index (χ1) is 11.0. The van der Waals surface area contributed by atoms with E-state index in [1.165, 1.54) is 0 Å². The molecule has 0 aliphatic heterocycles. The van der Waals surface area contributed by atoms with Gasteiger partial charge in [0.25, 0.3) is 5.91 Å². The van der Waals surface area contributed by atoms with Crippen LogP contribution in [-0.2, 0) is 11.3 Å². The van der Waals surface area contributed by atoms with Crippen molar-refractivity contribution in [2.45, 2.75) is 52.4 Å². The Morgan fingerprint density at radius 3 is 2.78 bits per heavy atom. The van der Waals surface area contributed by atoms with Crippen LogP contribution in [0, 0.1) is 0 Å². The summed E-state index contributed by atoms with van der Waals surface area (Å²) < 4.78 is 11.4. The molecule has 0 spiro atoms. The van der Waals surface area contributed by atoms with Crippen molar-refractivity contribution in [2.24, 2.45) is 0 Å². The van der Waals surface area contributed by atoms with Gasteiger partial charge in [0.2, 0.25) is 0 Å². The average molecular weight is 319 g/mol. The second-order valence-electron chi connectivity index (χ2n) is 5.92. The molecule has 0 saturated carbocycles. The fourth-order valence-electron chi connectivity index (χ4n) is 2.40. The van der Waals surface area contributed by atoms with Gasteiger partial charge in [-0.15, -0.1) is 0 Å². The Morgan fingerprint density at radius 2 is 2.09 bits per heavy atom. The summed E-state index contributed by atoms with van der Waals surface area (Å²) in [5, 5.41) is 13.4. The summed E-state index contributed by atoms with van der Waals surface area (Å²) in [6.07, 6.45) is 1.05. The molecule has 2 N–H and O–H groups in total. The fourth-order valence-corrected chi connectivity index (χ4v) is 2.40. The number of hydrogen-bond acceptors (Lipinski definition) is 4. The van der Waals surface area contributed by atoms with E-state index in [-0.39, 0.29) is 24.3 Å². The van der Waals surface area contributed by atoms with E-state index in [4.69, 9.17) is 9.15 Å². The second kappa shape index (κ2) is 8.13. The second-order valence-corrected chi connectivity index (χ2v) is 5.92. The van der Waals surface area contributed by atoms with E-state index in [0.29, 0.717) is 18.6 Å². The van der Waals surface area contributed by atoms with Gasteiger partial charge in [-0.2, -0.15) is 0 Å². The summed E-state index contributed by atoms with van der Waals surface area (Å²) >= 11 is 0. The van der Waals surface area contributed by atoms with Gasteiger partial charge in [-0.1, -0.05) is 31.5 Å². The van der Waals surface area contributed by atoms with Crippen molar-refractivity contribution in [3.05, 3.63) is 35.6 Å². The monoisotopic (exact) mass is 319 g/mol. The van der Waals surface area contributed by atoms with Gasteiger partial charge in [0.05, 0.1) is 18.8 Å². The normalized spacial score (nSPS) is 12.7. The van der Waals surface area contributed by atoms with E-state index in [0.717, 1.165) is 17.4 Å². The topological polar surface area (TPSA) is 71.7 Å². The molecular weight excluding hydrogens is 294 g/mol. The molecule has 1 aromatic carbocycles. The van der Waals surface area contributed by atoms with Crippen molar-refractivity contribution in [2.75, 3.05) is 6.54 Å². The lowest BCUT2D eigenvalue weighted by Gasteiger charge is -2.11. The summed E-state index contributed by atoms with van der Waals surface area (Å²) in [7, 11) is 0. The Morgan fingerprint density at radius 1 is 1.35 bits per heavy atom. The van der Waals surface area contributed by atoms with Crippen molar-refractivity contribution in [1.82, 2.24) is 5.32 Å². The van der Waals surface area contributed by atoms with Gasteiger partial charge in [-0.05, 0) is 26.3 Å². The van der Waals surface area contributed by atoms with Gasteiger partial charge < -0.3 is 19.6 Å². The van der Waals surface area contributed by atoms with Crippen LogP contribution in [-0.4, -0.2) is 29.8 Å². The SMILES string of the molecule is CCCC(O)CNC(=O)c1oc2ccccc2c1COC(C)C. The number of benzene rings is 1. The molecule has 0 aliphatic carbocycles. The minimum atomic E-state index is -0.538. The third-order valence-electron chi connectivity index (χ3n) is 3.59. The molecule has 126 valence electrons. The summed E-state index contributed by atoms with van der Waals surface area (Å²) in [4.78, 5) is 12.4. The molecule has 0 aliphatic rings. The fraction of sp³-hybridized carbons (Fsp3) is 0.500. The number of amides is 1. The molecule has 23 heavy (non-hydrogen) atoms. The molecule has 0 radical (unpaired) electrons. The molecule has 2 aromatic rings. The molecule has 1 amide bonds. The summed E-state index contributed by atoms with van der Waals surface area (Å²) in [6, 6.07) is 7.52. The van der Waals surface area contributed by atoms with E-state index in [1.54, 1.807) is 0 Å². The predicted octanol–water partition coefficient (Wildman–Crippen LogP) is 3.25. The van der Waals surface area contributed by atoms with Crippen molar-refractivity contribution < 1.29 is 19.1 Å². The Labute approximate surface area is 136 Å². The molecule has 1 heterocycles. The van der Waals surface area contributed by atoms with Crippen LogP contribution in [0.15, 0.2) is 28.7 Å². The van der Waals surface area contributed by atoms with Crippen LogP contribution in [0.1, 0.15) is 49.7 Å². The summed E-state index contributed by atoms with van der Waals surface area (Å²) in [6.45, 7) is 6.42. The predicted molar refractivity (Wildman–Crippen MR) is 89.4 cm³/mol. The number of nitrogens with one attached hydrogen (secondary N) is 1. The third-order valence-corrected chi connectivity index (χ3v) is 3.59. The summed E-state index contributed by atoms with van der Waals surface area (Å²) in [5.74, 6) is -0.0609. The number of ether oxygens (including phenoxy) is 1. The highest BCUT2D eigenvalue weighted by molar-refractivity contribution is 5.99. The van der Waals surface area contributed by atoms with Crippen LogP contribution in [0.4, 0.5) is 0 Å². The minimum Gasteiger partial charge on any atom is -0.451 e. The van der Waals surface area contributed by atoms with Crippen molar-refractivity contribution in [1.29, 1.82) is 0 Å². The lowest BCUT2D eigenvalue weighted by atomic mass is 10.1. The van der Waals surface area contributed by atoms with Gasteiger partial charge in [0, 0.05) is 17.5 Å². The number of carbonyl (C=O) groups is 1. The minimum absolute atomic E-state index is 0.0611. The highest BCUT2D eigenvalue weighted by atomic mass is 16.5. The lowest BCUT2D eigenvalue weighted by Crippen LogP contribution is -2.32. The largest absolute Gasteiger partial charge is 0.451 e. The first-order valence-electron chi connectivity index (χ1n) is 8.11. The quantitative estimate of drug-likeness (QED) is 0.783. The highest BCUT2D eigenvalue weighted by Crippen LogP contribution is 2.27. The number of hydrogen-bond donors (Lipinski definition) is 2. The van der Waals surface area contributed by atoms with Crippen LogP contribution in [0.3, 0.4) is 0 Å². The standard InChI is InChI=1S/C18H25NO4/c1-4-7-13(20)10-19-18(21)17-15(11-22-12(2)3)14-8-5-6-9-16(14)23-17/h5-6,8-9,12-13,20H,4,7,10-11H2,1-3H3,(H,19,21). The van der Waals surface area contributed by atoms with Gasteiger partial charge >= 0.3 is 0 Å². The van der Waals surface area contributed by atoms with Crippen LogP contribution >= 0.6 is 0 Å². The van der Waals surface area contributed by atoms with E-state index < -0.39 is 6.10 Å². The molecule has 1 atom stereocenters. The van der Waals surface area contributed by atoms with E-state index in [9.17, 15) is 9.90 Å². The number of rotatable bonds is 8. The number of aliphatic hydroxyl groups is 1. The Kier molecular flexibility index (Phi) is 6.19. The number of carbonyl (C=O) groups excluding carboxylic acids is 1. The van der Waals surface area contributed by atoms with E-state index in [1.807, 2.05) is 45.0 Å². The van der Waals surface area contributed by atoms with Crippen molar-refractivity contribution in [3.8, 4) is 0 Å². The zero-order chi connectivity index (χ0) is 16.8.